The fourth-order valence-corrected chi connectivity index (χ4v) is 2.89. The summed E-state index contributed by atoms with van der Waals surface area (Å²) in [6, 6.07) is 8.17. The number of rotatable bonds is 4. The lowest BCUT2D eigenvalue weighted by molar-refractivity contribution is -0.385. The summed E-state index contributed by atoms with van der Waals surface area (Å²) in [6.07, 6.45) is 1.64. The number of carbonyl (C=O) groups is 1. The highest BCUT2D eigenvalue weighted by Gasteiger charge is 2.18. The number of carbonyl (C=O) groups excluding carboxylic acids is 1. The summed E-state index contributed by atoms with van der Waals surface area (Å²) in [7, 11) is 0. The molecular formula is C13H9BrN2O3S. The zero-order valence-electron chi connectivity index (χ0n) is 10.4. The minimum Gasteiger partial charge on any atom is -0.294 e. The Labute approximate surface area is 127 Å². The van der Waals surface area contributed by atoms with E-state index in [0.717, 1.165) is 4.47 Å². The van der Waals surface area contributed by atoms with Gasteiger partial charge < -0.3 is 0 Å². The highest BCUT2D eigenvalue weighted by atomic mass is 79.9. The number of nitrogens with zero attached hydrogens (tertiary/aromatic N) is 2. The number of nitro benzene ring substituents is 1. The topological polar surface area (TPSA) is 73.1 Å². The van der Waals surface area contributed by atoms with Crippen molar-refractivity contribution in [1.29, 1.82) is 0 Å². The normalized spacial score (nSPS) is 10.3. The van der Waals surface area contributed by atoms with Crippen LogP contribution in [0.1, 0.15) is 17.3 Å². The molecule has 0 aliphatic rings. The van der Waals surface area contributed by atoms with Crippen LogP contribution in [-0.2, 0) is 0 Å². The third kappa shape index (κ3) is 3.23. The molecule has 0 bridgehead atoms. The Morgan fingerprint density at radius 2 is 2.15 bits per heavy atom. The van der Waals surface area contributed by atoms with E-state index in [4.69, 9.17) is 0 Å². The summed E-state index contributed by atoms with van der Waals surface area (Å²) >= 11 is 4.66. The summed E-state index contributed by atoms with van der Waals surface area (Å²) < 4.78 is 0.809. The molecule has 0 aliphatic heterocycles. The number of halogens is 1. The lowest BCUT2D eigenvalue weighted by atomic mass is 10.1. The first kappa shape index (κ1) is 14.7. The average Bonchev–Trinajstić information content (AvgIpc) is 2.41. The molecule has 0 amide bonds. The van der Waals surface area contributed by atoms with Crippen LogP contribution in [0.2, 0.25) is 0 Å². The van der Waals surface area contributed by atoms with Gasteiger partial charge in [-0.15, -0.1) is 0 Å². The molecule has 0 atom stereocenters. The molecule has 0 saturated heterocycles. The van der Waals surface area contributed by atoms with E-state index >= 15 is 0 Å². The van der Waals surface area contributed by atoms with Crippen molar-refractivity contribution in [3.63, 3.8) is 0 Å². The summed E-state index contributed by atoms with van der Waals surface area (Å²) in [6.45, 7) is 1.31. The van der Waals surface area contributed by atoms with Gasteiger partial charge in [0.15, 0.2) is 5.78 Å². The van der Waals surface area contributed by atoms with Crippen molar-refractivity contribution in [2.45, 2.75) is 16.8 Å². The first-order chi connectivity index (χ1) is 9.49. The van der Waals surface area contributed by atoms with Crippen LogP contribution in [0.5, 0.6) is 0 Å². The lowest BCUT2D eigenvalue weighted by Crippen LogP contribution is -2.00. The fourth-order valence-electron chi connectivity index (χ4n) is 1.58. The van der Waals surface area contributed by atoms with Gasteiger partial charge in [0, 0.05) is 17.2 Å². The number of Topliss-reactive ketones (excluding diaryl/α,β-unsaturated/α-hetero) is 1. The molecule has 0 aliphatic carbocycles. The van der Waals surface area contributed by atoms with Gasteiger partial charge in [0.1, 0.15) is 5.03 Å². The number of hydrogen-bond donors (Lipinski definition) is 0. The van der Waals surface area contributed by atoms with Crippen LogP contribution < -0.4 is 0 Å². The number of aromatic nitrogens is 1. The molecule has 0 fully saturated rings. The maximum Gasteiger partial charge on any atom is 0.281 e. The third-order valence-electron chi connectivity index (χ3n) is 2.48. The summed E-state index contributed by atoms with van der Waals surface area (Å²) in [5.74, 6) is -0.327. The monoisotopic (exact) mass is 352 g/mol. The molecule has 102 valence electrons. The molecule has 1 aromatic heterocycles. The van der Waals surface area contributed by atoms with E-state index in [2.05, 4.69) is 20.9 Å². The molecule has 0 saturated carbocycles. The smallest absolute Gasteiger partial charge is 0.281 e. The first-order valence-corrected chi connectivity index (χ1v) is 7.17. The van der Waals surface area contributed by atoms with Crippen molar-refractivity contribution in [3.8, 4) is 0 Å². The minimum atomic E-state index is -0.547. The number of benzene rings is 1. The van der Waals surface area contributed by atoms with Crippen LogP contribution in [0.15, 0.2) is 50.9 Å². The fraction of sp³-hybridized carbons (Fsp3) is 0.0769. The van der Waals surface area contributed by atoms with Crippen LogP contribution >= 0.6 is 27.7 Å². The highest BCUT2D eigenvalue weighted by Crippen LogP contribution is 2.34. The van der Waals surface area contributed by atoms with Gasteiger partial charge in [0.25, 0.3) is 5.69 Å². The van der Waals surface area contributed by atoms with E-state index in [0.29, 0.717) is 9.92 Å². The van der Waals surface area contributed by atoms with Crippen molar-refractivity contribution >= 4 is 39.2 Å². The third-order valence-corrected chi connectivity index (χ3v) is 4.40. The second kappa shape index (κ2) is 6.15. The zero-order chi connectivity index (χ0) is 14.7. The molecule has 1 heterocycles. The van der Waals surface area contributed by atoms with Crippen molar-refractivity contribution in [2.75, 3.05) is 0 Å². The summed E-state index contributed by atoms with van der Waals surface area (Å²) in [5.41, 5.74) is -0.0750. The maximum absolute atomic E-state index is 11.4. The van der Waals surface area contributed by atoms with Gasteiger partial charge in [-0.1, -0.05) is 11.8 Å². The Hall–Kier alpha value is -1.73. The molecule has 2 aromatic rings. The van der Waals surface area contributed by atoms with Gasteiger partial charge in [-0.2, -0.15) is 0 Å². The molecule has 7 heteroatoms. The Bertz CT molecular complexity index is 691. The number of nitro groups is 1. The second-order valence-electron chi connectivity index (χ2n) is 3.88. The SMILES string of the molecule is CC(=O)c1ccc(Sc2ncccc2Br)cc1[N+](=O)[O-]. The Morgan fingerprint density at radius 3 is 2.75 bits per heavy atom. The average molecular weight is 353 g/mol. The van der Waals surface area contributed by atoms with Gasteiger partial charge in [-0.25, -0.2) is 4.98 Å². The molecule has 0 spiro atoms. The number of pyridine rings is 1. The van der Waals surface area contributed by atoms with Crippen molar-refractivity contribution in [3.05, 3.63) is 56.7 Å². The Balaban J connectivity index is 2.40. The van der Waals surface area contributed by atoms with Gasteiger partial charge in [-0.05, 0) is 47.1 Å². The molecule has 0 N–H and O–H groups in total. The Morgan fingerprint density at radius 1 is 1.40 bits per heavy atom. The van der Waals surface area contributed by atoms with Crippen molar-refractivity contribution < 1.29 is 9.72 Å². The lowest BCUT2D eigenvalue weighted by Gasteiger charge is -2.04. The van der Waals surface area contributed by atoms with Crippen LogP contribution in [0.4, 0.5) is 5.69 Å². The predicted molar refractivity (Wildman–Crippen MR) is 79.2 cm³/mol. The van der Waals surface area contributed by atoms with Crippen LogP contribution in [0, 0.1) is 10.1 Å². The zero-order valence-corrected chi connectivity index (χ0v) is 12.8. The quantitative estimate of drug-likeness (QED) is 0.470. The molecule has 20 heavy (non-hydrogen) atoms. The minimum absolute atomic E-state index is 0.111. The second-order valence-corrected chi connectivity index (χ2v) is 5.80. The van der Waals surface area contributed by atoms with Gasteiger partial charge >= 0.3 is 0 Å². The van der Waals surface area contributed by atoms with E-state index in [1.807, 2.05) is 6.07 Å². The highest BCUT2D eigenvalue weighted by molar-refractivity contribution is 9.10. The molecule has 0 radical (unpaired) electrons. The van der Waals surface area contributed by atoms with Crippen molar-refractivity contribution in [2.24, 2.45) is 0 Å². The van der Waals surface area contributed by atoms with Gasteiger partial charge in [0.2, 0.25) is 0 Å². The molecule has 5 nitrogen and oxygen atoms in total. The van der Waals surface area contributed by atoms with E-state index in [1.54, 1.807) is 18.3 Å². The number of ketones is 1. The van der Waals surface area contributed by atoms with Gasteiger partial charge in [-0.3, -0.25) is 14.9 Å². The summed E-state index contributed by atoms with van der Waals surface area (Å²) in [5, 5.41) is 11.7. The van der Waals surface area contributed by atoms with Crippen LogP contribution in [0.25, 0.3) is 0 Å². The van der Waals surface area contributed by atoms with E-state index in [9.17, 15) is 14.9 Å². The van der Waals surface area contributed by atoms with E-state index in [-0.39, 0.29) is 17.0 Å². The van der Waals surface area contributed by atoms with E-state index in [1.165, 1.54) is 30.8 Å². The molecule has 1 aromatic carbocycles. The summed E-state index contributed by atoms with van der Waals surface area (Å²) in [4.78, 5) is 26.7. The van der Waals surface area contributed by atoms with Crippen molar-refractivity contribution in [1.82, 2.24) is 4.98 Å². The largest absolute Gasteiger partial charge is 0.294 e. The number of hydrogen-bond acceptors (Lipinski definition) is 5. The first-order valence-electron chi connectivity index (χ1n) is 5.57. The van der Waals surface area contributed by atoms with Crippen LogP contribution in [-0.4, -0.2) is 15.7 Å². The molecule has 2 rings (SSSR count). The van der Waals surface area contributed by atoms with E-state index < -0.39 is 4.92 Å². The maximum atomic E-state index is 11.4. The standard InChI is InChI=1S/C13H9BrN2O3S/c1-8(17)10-5-4-9(7-12(10)16(18)19)20-13-11(14)3-2-6-15-13/h2-7H,1H3. The predicted octanol–water partition coefficient (Wildman–Crippen LogP) is 4.11. The van der Waals surface area contributed by atoms with Crippen LogP contribution in [0.3, 0.4) is 0 Å². The Kier molecular flexibility index (Phi) is 4.51. The molecular weight excluding hydrogens is 344 g/mol. The van der Waals surface area contributed by atoms with Gasteiger partial charge in [0.05, 0.1) is 15.0 Å². The molecule has 0 unspecified atom stereocenters.